The molecule has 0 bridgehead atoms. The summed E-state index contributed by atoms with van der Waals surface area (Å²) < 4.78 is 185. The summed E-state index contributed by atoms with van der Waals surface area (Å²) in [5, 5.41) is 0. The van der Waals surface area contributed by atoms with Gasteiger partial charge in [-0.15, -0.1) is 0 Å². The molecule has 0 N–H and O–H groups in total. The lowest BCUT2D eigenvalue weighted by atomic mass is 9.90. The Labute approximate surface area is 152 Å². The number of carbonyl (C=O) groups excluding carboxylic acids is 1. The van der Waals surface area contributed by atoms with Crippen LogP contribution < -0.4 is 0 Å². The Hall–Kier alpha value is -1.77. The maximum absolute atomic E-state index is 13.4. The van der Waals surface area contributed by atoms with Gasteiger partial charge in [-0.3, -0.25) is 0 Å². The Morgan fingerprint density at radius 1 is 0.793 bits per heavy atom. The van der Waals surface area contributed by atoms with Crippen molar-refractivity contribution in [1.29, 1.82) is 0 Å². The van der Waals surface area contributed by atoms with Gasteiger partial charge in [0.05, 0.1) is 13.0 Å². The molecule has 0 radical (unpaired) electrons. The van der Waals surface area contributed by atoms with Gasteiger partial charge in [0, 0.05) is 5.57 Å². The molecule has 29 heavy (non-hydrogen) atoms. The SMILES string of the molecule is C=C(C)C(=O)OCCC(F)(F)C(F)(F)C(F)(F)C(F)(F)C(F)(F)C(F)(F)C(F)F. The number of halogens is 14. The fourth-order valence-electron chi connectivity index (χ4n) is 1.52. The highest BCUT2D eigenvalue weighted by Crippen LogP contribution is 2.61. The van der Waals surface area contributed by atoms with Gasteiger partial charge in [-0.2, -0.15) is 52.7 Å². The van der Waals surface area contributed by atoms with Crippen molar-refractivity contribution in [2.75, 3.05) is 6.61 Å². The van der Waals surface area contributed by atoms with Crippen LogP contribution in [-0.4, -0.2) is 54.5 Å². The Bertz CT molecular complexity index is 625. The van der Waals surface area contributed by atoms with E-state index in [0.717, 1.165) is 6.92 Å². The molecule has 0 atom stereocenters. The van der Waals surface area contributed by atoms with E-state index in [2.05, 4.69) is 11.3 Å². The van der Waals surface area contributed by atoms with Gasteiger partial charge < -0.3 is 4.74 Å². The smallest absolute Gasteiger partial charge is 0.384 e. The second-order valence-corrected chi connectivity index (χ2v) is 5.59. The zero-order valence-corrected chi connectivity index (χ0v) is 13.8. The van der Waals surface area contributed by atoms with Gasteiger partial charge in [0.2, 0.25) is 0 Å². The summed E-state index contributed by atoms with van der Waals surface area (Å²) in [6.07, 6.45) is -8.39. The zero-order valence-electron chi connectivity index (χ0n) is 13.8. The van der Waals surface area contributed by atoms with E-state index in [1.54, 1.807) is 0 Å². The molecule has 0 rings (SSSR count). The molecule has 0 heterocycles. The third-order valence-corrected chi connectivity index (χ3v) is 3.33. The highest BCUT2D eigenvalue weighted by atomic mass is 19.4. The van der Waals surface area contributed by atoms with Crippen LogP contribution in [0.15, 0.2) is 12.2 Å². The standard InChI is InChI=1S/C13H10F14O2/c1-5(2)6(28)29-4-3-8(16,17)10(20,21)12(24,25)13(26,27)11(22,23)9(18,19)7(14)15/h7H,1,3-4H2,2H3. The normalized spacial score (nSPS) is 14.9. The molecule has 0 fully saturated rings. The summed E-state index contributed by atoms with van der Waals surface area (Å²) in [6, 6.07) is 0. The van der Waals surface area contributed by atoms with Crippen molar-refractivity contribution < 1.29 is 71.0 Å². The van der Waals surface area contributed by atoms with E-state index in [9.17, 15) is 66.3 Å². The van der Waals surface area contributed by atoms with Gasteiger partial charge in [-0.25, -0.2) is 13.6 Å². The fourth-order valence-corrected chi connectivity index (χ4v) is 1.52. The van der Waals surface area contributed by atoms with Crippen molar-refractivity contribution in [2.24, 2.45) is 0 Å². The quantitative estimate of drug-likeness (QED) is 0.240. The average molecular weight is 464 g/mol. The van der Waals surface area contributed by atoms with Crippen LogP contribution in [0.4, 0.5) is 61.5 Å². The van der Waals surface area contributed by atoms with E-state index < -0.39 is 66.5 Å². The number of alkyl halides is 14. The summed E-state index contributed by atoms with van der Waals surface area (Å²) in [5.41, 5.74) is -0.495. The lowest BCUT2D eigenvalue weighted by molar-refractivity contribution is -0.433. The molecule has 0 saturated carbocycles. The minimum absolute atomic E-state index is 0.495. The molecule has 0 aliphatic rings. The van der Waals surface area contributed by atoms with E-state index >= 15 is 0 Å². The summed E-state index contributed by atoms with van der Waals surface area (Å²) >= 11 is 0. The number of ether oxygens (including phenoxy) is 1. The summed E-state index contributed by atoms with van der Waals surface area (Å²) in [7, 11) is 0. The molecule has 0 unspecified atom stereocenters. The van der Waals surface area contributed by atoms with E-state index in [0.29, 0.717) is 0 Å². The van der Waals surface area contributed by atoms with Gasteiger partial charge in [0.1, 0.15) is 0 Å². The molecular weight excluding hydrogens is 454 g/mol. The molecule has 0 amide bonds. The lowest BCUT2D eigenvalue weighted by Gasteiger charge is -2.41. The van der Waals surface area contributed by atoms with Crippen LogP contribution in [0.25, 0.3) is 0 Å². The molecule has 0 aromatic heterocycles. The van der Waals surface area contributed by atoms with Gasteiger partial charge in [0.25, 0.3) is 0 Å². The Morgan fingerprint density at radius 2 is 1.17 bits per heavy atom. The highest BCUT2D eigenvalue weighted by Gasteiger charge is 2.90. The second-order valence-electron chi connectivity index (χ2n) is 5.59. The van der Waals surface area contributed by atoms with Gasteiger partial charge in [-0.05, 0) is 6.92 Å². The predicted octanol–water partition coefficient (Wildman–Crippen LogP) is 5.57. The predicted molar refractivity (Wildman–Crippen MR) is 66.1 cm³/mol. The van der Waals surface area contributed by atoms with Crippen molar-refractivity contribution >= 4 is 5.97 Å². The third kappa shape index (κ3) is 4.25. The topological polar surface area (TPSA) is 26.3 Å². The first-order valence-electron chi connectivity index (χ1n) is 6.90. The Kier molecular flexibility index (Phi) is 7.34. The van der Waals surface area contributed by atoms with Crippen LogP contribution in [0.5, 0.6) is 0 Å². The molecule has 0 saturated heterocycles. The third-order valence-electron chi connectivity index (χ3n) is 3.33. The average Bonchev–Trinajstić information content (AvgIpc) is 2.53. The van der Waals surface area contributed by atoms with Gasteiger partial charge in [-0.1, -0.05) is 6.58 Å². The summed E-state index contributed by atoms with van der Waals surface area (Å²) in [6.45, 7) is 2.00. The number of hydrogen-bond acceptors (Lipinski definition) is 2. The van der Waals surface area contributed by atoms with Crippen molar-refractivity contribution in [3.05, 3.63) is 12.2 Å². The van der Waals surface area contributed by atoms with Crippen LogP contribution in [0.1, 0.15) is 13.3 Å². The molecule has 172 valence electrons. The largest absolute Gasteiger partial charge is 0.462 e. The highest BCUT2D eigenvalue weighted by molar-refractivity contribution is 5.86. The lowest BCUT2D eigenvalue weighted by Crippen LogP contribution is -2.71. The van der Waals surface area contributed by atoms with Crippen LogP contribution in [-0.2, 0) is 9.53 Å². The minimum Gasteiger partial charge on any atom is -0.462 e. The Balaban J connectivity index is 5.99. The molecular formula is C13H10F14O2. The molecule has 2 nitrogen and oxygen atoms in total. The van der Waals surface area contributed by atoms with Crippen LogP contribution in [0, 0.1) is 0 Å². The maximum Gasteiger partial charge on any atom is 0.384 e. The fraction of sp³-hybridized carbons (Fsp3) is 0.769. The van der Waals surface area contributed by atoms with Crippen molar-refractivity contribution in [1.82, 2.24) is 0 Å². The minimum atomic E-state index is -8.07. The van der Waals surface area contributed by atoms with Crippen LogP contribution >= 0.6 is 0 Å². The first-order chi connectivity index (χ1) is 12.5. The maximum atomic E-state index is 13.4. The van der Waals surface area contributed by atoms with E-state index in [1.807, 2.05) is 0 Å². The van der Waals surface area contributed by atoms with E-state index in [-0.39, 0.29) is 0 Å². The molecule has 0 aliphatic heterocycles. The molecule has 0 aromatic carbocycles. The Morgan fingerprint density at radius 3 is 1.52 bits per heavy atom. The first kappa shape index (κ1) is 27.2. The number of carbonyl (C=O) groups is 1. The second kappa shape index (κ2) is 7.81. The van der Waals surface area contributed by atoms with Crippen LogP contribution in [0.3, 0.4) is 0 Å². The van der Waals surface area contributed by atoms with Crippen LogP contribution in [0.2, 0.25) is 0 Å². The molecule has 0 aliphatic carbocycles. The van der Waals surface area contributed by atoms with Crippen molar-refractivity contribution in [3.8, 4) is 0 Å². The van der Waals surface area contributed by atoms with Crippen molar-refractivity contribution in [3.63, 3.8) is 0 Å². The number of rotatable bonds is 10. The van der Waals surface area contributed by atoms with E-state index in [1.165, 1.54) is 0 Å². The summed E-state index contributed by atoms with van der Waals surface area (Å²) in [4.78, 5) is 10.9. The molecule has 0 spiro atoms. The zero-order chi connectivity index (χ0) is 23.9. The van der Waals surface area contributed by atoms with E-state index in [4.69, 9.17) is 0 Å². The van der Waals surface area contributed by atoms with Crippen molar-refractivity contribution in [2.45, 2.75) is 55.3 Å². The van der Waals surface area contributed by atoms with Gasteiger partial charge in [0.15, 0.2) is 0 Å². The number of esters is 1. The molecule has 16 heteroatoms. The summed E-state index contributed by atoms with van der Waals surface area (Å²) in [5.74, 6) is -46.5. The first-order valence-corrected chi connectivity index (χ1v) is 6.90. The van der Waals surface area contributed by atoms with Gasteiger partial charge >= 0.3 is 47.9 Å². The monoisotopic (exact) mass is 464 g/mol. The number of hydrogen-bond donors (Lipinski definition) is 0. The molecule has 0 aromatic rings.